The summed E-state index contributed by atoms with van der Waals surface area (Å²) in [6, 6.07) is 3.43. The van der Waals surface area contributed by atoms with Gasteiger partial charge < -0.3 is 0 Å². The fraction of sp³-hybridized carbons (Fsp3) is 0.467. The third-order valence-corrected chi connectivity index (χ3v) is 6.15. The minimum atomic E-state index is -4.73. The van der Waals surface area contributed by atoms with Crippen LogP contribution in [0, 0.1) is 5.82 Å². The third-order valence-electron chi connectivity index (χ3n) is 4.12. The minimum absolute atomic E-state index is 0.101. The number of alkyl halides is 3. The Morgan fingerprint density at radius 2 is 1.95 bits per heavy atom. The fourth-order valence-electron chi connectivity index (χ4n) is 3.18. The highest BCUT2D eigenvalue weighted by atomic mass is 32.2. The summed E-state index contributed by atoms with van der Waals surface area (Å²) in [5.74, 6) is -1.25. The van der Waals surface area contributed by atoms with Crippen molar-refractivity contribution in [2.75, 3.05) is 0 Å². The van der Waals surface area contributed by atoms with Crippen LogP contribution in [0.2, 0.25) is 0 Å². The van der Waals surface area contributed by atoms with Gasteiger partial charge in [0.25, 0.3) is 0 Å². The summed E-state index contributed by atoms with van der Waals surface area (Å²) in [4.78, 5) is 0. The normalized spacial score (nSPS) is 29.1. The Morgan fingerprint density at radius 3 is 2.62 bits per heavy atom. The van der Waals surface area contributed by atoms with Gasteiger partial charge in [-0.1, -0.05) is 24.6 Å². The Morgan fingerprint density at radius 1 is 1.19 bits per heavy atom. The lowest BCUT2D eigenvalue weighted by atomic mass is 9.90. The predicted octanol–water partition coefficient (Wildman–Crippen LogP) is 4.30. The van der Waals surface area contributed by atoms with Crippen LogP contribution in [-0.4, -0.2) is 14.7 Å². The van der Waals surface area contributed by atoms with Crippen LogP contribution in [0.1, 0.15) is 36.8 Å². The van der Waals surface area contributed by atoms with Gasteiger partial charge >= 0.3 is 6.18 Å². The van der Waals surface area contributed by atoms with Crippen LogP contribution in [0.25, 0.3) is 5.57 Å². The molecule has 1 aromatic carbocycles. The van der Waals surface area contributed by atoms with E-state index in [9.17, 15) is 21.8 Å². The van der Waals surface area contributed by atoms with Crippen LogP contribution in [0.15, 0.2) is 24.3 Å². The summed E-state index contributed by atoms with van der Waals surface area (Å²) < 4.78 is 65.1. The van der Waals surface area contributed by atoms with Crippen LogP contribution < -0.4 is 0 Å². The molecule has 0 amide bonds. The van der Waals surface area contributed by atoms with Gasteiger partial charge in [0.05, 0.1) is 10.8 Å². The lowest BCUT2D eigenvalue weighted by Crippen LogP contribution is -2.34. The van der Waals surface area contributed by atoms with Gasteiger partial charge in [0.1, 0.15) is 5.82 Å². The number of benzene rings is 1. The molecule has 0 spiro atoms. The lowest BCUT2D eigenvalue weighted by Gasteiger charge is -2.33. The zero-order valence-electron chi connectivity index (χ0n) is 11.1. The average molecular weight is 318 g/mol. The summed E-state index contributed by atoms with van der Waals surface area (Å²) in [7, 11) is -1.01. The van der Waals surface area contributed by atoms with E-state index in [-0.39, 0.29) is 16.1 Å². The molecule has 1 saturated heterocycles. The summed E-state index contributed by atoms with van der Waals surface area (Å²) in [6.45, 7) is 0. The molecular formula is C15H14F4OS. The maximum atomic E-state index is 13.7. The van der Waals surface area contributed by atoms with E-state index in [1.807, 2.05) is 0 Å². The second-order valence-corrected chi connectivity index (χ2v) is 7.41. The van der Waals surface area contributed by atoms with Crippen molar-refractivity contribution in [1.82, 2.24) is 0 Å². The van der Waals surface area contributed by atoms with Gasteiger partial charge in [-0.15, -0.1) is 0 Å². The van der Waals surface area contributed by atoms with Gasteiger partial charge in [-0.05, 0) is 36.5 Å². The van der Waals surface area contributed by atoms with Crippen molar-refractivity contribution in [3.8, 4) is 0 Å². The topological polar surface area (TPSA) is 17.1 Å². The van der Waals surface area contributed by atoms with Crippen LogP contribution in [0.3, 0.4) is 0 Å². The van der Waals surface area contributed by atoms with Crippen molar-refractivity contribution in [3.63, 3.8) is 0 Å². The molecule has 0 saturated carbocycles. The molecule has 1 nitrogen and oxygen atoms in total. The molecule has 3 unspecified atom stereocenters. The Hall–Kier alpha value is -1.17. The van der Waals surface area contributed by atoms with E-state index in [2.05, 4.69) is 0 Å². The zero-order valence-corrected chi connectivity index (χ0v) is 11.9. The lowest BCUT2D eigenvalue weighted by molar-refractivity contribution is -0.140. The monoisotopic (exact) mass is 318 g/mol. The largest absolute Gasteiger partial charge is 0.419 e. The molecule has 6 heteroatoms. The summed E-state index contributed by atoms with van der Waals surface area (Å²) in [5, 5.41) is -0.301. The Balaban J connectivity index is 2.10. The number of hydrogen-bond acceptors (Lipinski definition) is 1. The van der Waals surface area contributed by atoms with E-state index in [0.717, 1.165) is 25.3 Å². The van der Waals surface area contributed by atoms with Gasteiger partial charge in [-0.3, -0.25) is 4.21 Å². The molecule has 0 aromatic heterocycles. The summed E-state index contributed by atoms with van der Waals surface area (Å²) in [5.41, 5.74) is -0.825. The molecule has 3 rings (SSSR count). The van der Waals surface area contributed by atoms with Crippen molar-refractivity contribution < 1.29 is 21.8 Å². The van der Waals surface area contributed by atoms with Crippen molar-refractivity contribution in [3.05, 3.63) is 41.2 Å². The second-order valence-electron chi connectivity index (χ2n) is 5.48. The van der Waals surface area contributed by atoms with E-state index < -0.39 is 28.4 Å². The highest BCUT2D eigenvalue weighted by molar-refractivity contribution is 7.86. The Labute approximate surface area is 122 Å². The zero-order chi connectivity index (χ0) is 15.2. The molecule has 1 aromatic rings. The van der Waals surface area contributed by atoms with Gasteiger partial charge in [-0.25, -0.2) is 4.39 Å². The second kappa shape index (κ2) is 5.23. The summed E-state index contributed by atoms with van der Waals surface area (Å²) in [6.07, 6.45) is -0.306. The average Bonchev–Trinajstić information content (AvgIpc) is 2.36. The minimum Gasteiger partial charge on any atom is -0.259 e. The van der Waals surface area contributed by atoms with Crippen molar-refractivity contribution in [2.24, 2.45) is 0 Å². The van der Waals surface area contributed by atoms with Crippen LogP contribution in [0.4, 0.5) is 17.6 Å². The number of fused-ring (bicyclic) bond motifs is 2. The van der Waals surface area contributed by atoms with Crippen LogP contribution >= 0.6 is 0 Å². The predicted molar refractivity (Wildman–Crippen MR) is 73.6 cm³/mol. The summed E-state index contributed by atoms with van der Waals surface area (Å²) >= 11 is 0. The first-order valence-electron chi connectivity index (χ1n) is 6.84. The van der Waals surface area contributed by atoms with Gasteiger partial charge in [0.15, 0.2) is 0 Å². The number of halogens is 4. The Bertz CT molecular complexity index is 621. The smallest absolute Gasteiger partial charge is 0.259 e. The molecule has 2 bridgehead atoms. The van der Waals surface area contributed by atoms with Gasteiger partial charge in [-0.2, -0.15) is 13.2 Å². The standard InChI is InChI=1S/C15H14F4OS/c16-13-6-2-5-12(14(13)15(17,18)19)9-7-10-3-1-4-11(8-9)21(10)20/h2,5-7,10-11H,1,3-4,8H2. The molecule has 0 N–H and O–H groups in total. The van der Waals surface area contributed by atoms with E-state index in [4.69, 9.17) is 0 Å². The molecule has 3 atom stereocenters. The van der Waals surface area contributed by atoms with Crippen LogP contribution in [0.5, 0.6) is 0 Å². The maximum absolute atomic E-state index is 13.7. The van der Waals surface area contributed by atoms with E-state index >= 15 is 0 Å². The first-order valence-corrected chi connectivity index (χ1v) is 8.11. The number of rotatable bonds is 1. The quantitative estimate of drug-likeness (QED) is 0.706. The molecular weight excluding hydrogens is 304 g/mol. The molecule has 2 heterocycles. The molecule has 114 valence electrons. The highest BCUT2D eigenvalue weighted by Gasteiger charge is 2.40. The SMILES string of the molecule is O=S1C2C=C(c3cccc(F)c3C(F)(F)F)CC1CCC2. The number of allylic oxidation sites excluding steroid dienone is 1. The molecule has 2 aliphatic rings. The fourth-order valence-corrected chi connectivity index (χ4v) is 5.11. The van der Waals surface area contributed by atoms with Gasteiger partial charge in [0, 0.05) is 16.0 Å². The highest BCUT2D eigenvalue weighted by Crippen LogP contribution is 2.42. The van der Waals surface area contributed by atoms with E-state index in [0.29, 0.717) is 12.0 Å². The number of hydrogen-bond donors (Lipinski definition) is 0. The van der Waals surface area contributed by atoms with Crippen LogP contribution in [-0.2, 0) is 17.0 Å². The third kappa shape index (κ3) is 2.65. The first kappa shape index (κ1) is 14.8. The van der Waals surface area contributed by atoms with Crippen molar-refractivity contribution >= 4 is 16.4 Å². The van der Waals surface area contributed by atoms with Gasteiger partial charge in [0.2, 0.25) is 0 Å². The molecule has 1 fully saturated rings. The van der Waals surface area contributed by atoms with Crippen molar-refractivity contribution in [2.45, 2.75) is 42.4 Å². The maximum Gasteiger partial charge on any atom is 0.419 e. The Kier molecular flexibility index (Phi) is 3.67. The molecule has 2 aliphatic heterocycles. The van der Waals surface area contributed by atoms with E-state index in [1.54, 1.807) is 6.08 Å². The first-order chi connectivity index (χ1) is 9.88. The van der Waals surface area contributed by atoms with Crippen molar-refractivity contribution in [1.29, 1.82) is 0 Å². The van der Waals surface area contributed by atoms with E-state index in [1.165, 1.54) is 12.1 Å². The molecule has 0 radical (unpaired) electrons. The molecule has 21 heavy (non-hydrogen) atoms. The molecule has 0 aliphatic carbocycles.